The van der Waals surface area contributed by atoms with Crippen molar-refractivity contribution in [3.8, 4) is 17.2 Å². The van der Waals surface area contributed by atoms with Crippen molar-refractivity contribution in [3.63, 3.8) is 0 Å². The number of aromatic nitrogens is 5. The fourth-order valence-corrected chi connectivity index (χ4v) is 4.21. The van der Waals surface area contributed by atoms with Gasteiger partial charge >= 0.3 is 0 Å². The molecule has 10 nitrogen and oxygen atoms in total. The van der Waals surface area contributed by atoms with Crippen molar-refractivity contribution in [2.45, 2.75) is 13.3 Å². The molecule has 0 N–H and O–H groups in total. The third kappa shape index (κ3) is 4.72. The third-order valence-corrected chi connectivity index (χ3v) is 6.04. The zero-order chi connectivity index (χ0) is 24.2. The predicted molar refractivity (Wildman–Crippen MR) is 131 cm³/mol. The summed E-state index contributed by atoms with van der Waals surface area (Å²) in [5.74, 6) is 2.39. The molecule has 0 unspecified atom stereocenters. The van der Waals surface area contributed by atoms with Crippen LogP contribution in [0.3, 0.4) is 0 Å². The molecule has 1 aliphatic rings. The van der Waals surface area contributed by atoms with E-state index in [4.69, 9.17) is 9.47 Å². The number of fused-ring (bicyclic) bond motifs is 1. The van der Waals surface area contributed by atoms with E-state index < -0.39 is 0 Å². The van der Waals surface area contributed by atoms with E-state index in [1.165, 1.54) is 6.33 Å². The molecule has 0 spiro atoms. The Balaban J connectivity index is 1.27. The molecule has 1 fully saturated rings. The predicted octanol–water partition coefficient (Wildman–Crippen LogP) is 2.51. The zero-order valence-electron chi connectivity index (χ0n) is 19.8. The average molecular weight is 474 g/mol. The van der Waals surface area contributed by atoms with Gasteiger partial charge in [0.15, 0.2) is 17.0 Å². The molecule has 35 heavy (non-hydrogen) atoms. The van der Waals surface area contributed by atoms with E-state index in [1.54, 1.807) is 11.8 Å². The maximum absolute atomic E-state index is 12.9. The van der Waals surface area contributed by atoms with Crippen LogP contribution in [0, 0.1) is 0 Å². The lowest BCUT2D eigenvalue weighted by Gasteiger charge is -2.35. The molecule has 0 radical (unpaired) electrons. The second kappa shape index (κ2) is 9.96. The summed E-state index contributed by atoms with van der Waals surface area (Å²) in [7, 11) is 1.63. The normalized spacial score (nSPS) is 13.8. The topological polar surface area (TPSA) is 98.5 Å². The number of hydrogen-bond acceptors (Lipinski definition) is 8. The van der Waals surface area contributed by atoms with Gasteiger partial charge in [-0.05, 0) is 36.8 Å². The van der Waals surface area contributed by atoms with Gasteiger partial charge in [-0.1, -0.05) is 23.4 Å². The quantitative estimate of drug-likeness (QED) is 0.404. The molecule has 2 aromatic heterocycles. The average Bonchev–Trinajstić information content (AvgIpc) is 3.34. The van der Waals surface area contributed by atoms with Crippen LogP contribution in [0.25, 0.3) is 16.9 Å². The molecule has 0 saturated carbocycles. The Hall–Kier alpha value is -4.21. The van der Waals surface area contributed by atoms with Crippen LogP contribution in [0.4, 0.5) is 5.82 Å². The molecular formula is C25H27N7O3. The molecule has 0 aliphatic carbocycles. The first-order chi connectivity index (χ1) is 17.2. The van der Waals surface area contributed by atoms with Crippen LogP contribution in [0.1, 0.15) is 12.5 Å². The molecule has 0 atom stereocenters. The van der Waals surface area contributed by atoms with Gasteiger partial charge in [-0.3, -0.25) is 4.79 Å². The van der Waals surface area contributed by atoms with E-state index in [1.807, 2.05) is 60.4 Å². The van der Waals surface area contributed by atoms with Gasteiger partial charge in [-0.15, -0.1) is 5.10 Å². The molecule has 180 valence electrons. The lowest BCUT2D eigenvalue weighted by Crippen LogP contribution is -2.49. The minimum absolute atomic E-state index is 0.116. The monoisotopic (exact) mass is 473 g/mol. The van der Waals surface area contributed by atoms with Crippen LogP contribution in [0.5, 0.6) is 11.5 Å². The van der Waals surface area contributed by atoms with Gasteiger partial charge in [-0.25, -0.2) is 9.97 Å². The maximum atomic E-state index is 12.9. The van der Waals surface area contributed by atoms with Crippen molar-refractivity contribution < 1.29 is 14.3 Å². The van der Waals surface area contributed by atoms with E-state index in [0.29, 0.717) is 50.4 Å². The highest BCUT2D eigenvalue weighted by molar-refractivity contribution is 5.84. The minimum atomic E-state index is 0.116. The Labute approximate surface area is 203 Å². The van der Waals surface area contributed by atoms with E-state index in [2.05, 4.69) is 25.2 Å². The lowest BCUT2D eigenvalue weighted by atomic mass is 10.1. The van der Waals surface area contributed by atoms with Gasteiger partial charge in [0.1, 0.15) is 17.8 Å². The minimum Gasteiger partial charge on any atom is -0.497 e. The molecule has 1 amide bonds. The number of piperazine rings is 1. The number of benzene rings is 2. The first-order valence-corrected chi connectivity index (χ1v) is 11.6. The highest BCUT2D eigenvalue weighted by Crippen LogP contribution is 2.25. The first-order valence-electron chi connectivity index (χ1n) is 11.6. The largest absolute Gasteiger partial charge is 0.497 e. The highest BCUT2D eigenvalue weighted by atomic mass is 16.5. The van der Waals surface area contributed by atoms with Gasteiger partial charge in [-0.2, -0.15) is 4.68 Å². The highest BCUT2D eigenvalue weighted by Gasteiger charge is 2.25. The lowest BCUT2D eigenvalue weighted by molar-refractivity contribution is -0.130. The van der Waals surface area contributed by atoms with E-state index in [9.17, 15) is 4.79 Å². The first kappa shape index (κ1) is 22.6. The second-order valence-electron chi connectivity index (χ2n) is 8.19. The molecule has 1 saturated heterocycles. The van der Waals surface area contributed by atoms with E-state index in [-0.39, 0.29) is 5.91 Å². The Morgan fingerprint density at radius 2 is 1.80 bits per heavy atom. The fourth-order valence-electron chi connectivity index (χ4n) is 4.21. The molecule has 4 aromatic rings. The molecule has 1 aliphatic heterocycles. The van der Waals surface area contributed by atoms with Crippen LogP contribution in [0.15, 0.2) is 54.9 Å². The number of carbonyl (C=O) groups is 1. The molecule has 5 rings (SSSR count). The van der Waals surface area contributed by atoms with Crippen molar-refractivity contribution >= 4 is 22.9 Å². The van der Waals surface area contributed by atoms with Crippen LogP contribution in [-0.4, -0.2) is 75.7 Å². The summed E-state index contributed by atoms with van der Waals surface area (Å²) in [6.45, 7) is 5.13. The summed E-state index contributed by atoms with van der Waals surface area (Å²) in [5.41, 5.74) is 3.04. The number of anilines is 1. The number of carbonyl (C=O) groups excluding carboxylic acids is 1. The van der Waals surface area contributed by atoms with Crippen molar-refractivity contribution in [1.82, 2.24) is 29.9 Å². The molecular weight excluding hydrogens is 446 g/mol. The molecule has 0 bridgehead atoms. The van der Waals surface area contributed by atoms with E-state index in [0.717, 1.165) is 28.6 Å². The number of nitrogens with zero attached hydrogens (tertiary/aromatic N) is 7. The van der Waals surface area contributed by atoms with Crippen molar-refractivity contribution in [2.24, 2.45) is 0 Å². The van der Waals surface area contributed by atoms with Gasteiger partial charge < -0.3 is 19.3 Å². The molecule has 3 heterocycles. The summed E-state index contributed by atoms with van der Waals surface area (Å²) < 4.78 is 12.5. The fraction of sp³-hybridized carbons (Fsp3) is 0.320. The standard InChI is InChI=1S/C25H27N7O3/c1-3-35-20-9-7-18(8-10-20)15-22(33)30-11-13-31(14-12-30)24-23-25(27-17-26-24)32(29-28-23)19-5-4-6-21(16-19)34-2/h4-10,16-17H,3,11-15H2,1-2H3. The van der Waals surface area contributed by atoms with Crippen LogP contribution in [0.2, 0.25) is 0 Å². The van der Waals surface area contributed by atoms with Gasteiger partial charge in [0.05, 0.1) is 25.8 Å². The number of rotatable bonds is 7. The van der Waals surface area contributed by atoms with Crippen LogP contribution in [-0.2, 0) is 11.2 Å². The summed E-state index contributed by atoms with van der Waals surface area (Å²) >= 11 is 0. The Bertz CT molecular complexity index is 1310. The van der Waals surface area contributed by atoms with Crippen LogP contribution >= 0.6 is 0 Å². The summed E-state index contributed by atoms with van der Waals surface area (Å²) in [4.78, 5) is 25.8. The van der Waals surface area contributed by atoms with Gasteiger partial charge in [0.2, 0.25) is 5.91 Å². The van der Waals surface area contributed by atoms with Crippen molar-refractivity contribution in [3.05, 3.63) is 60.4 Å². The Kier molecular flexibility index (Phi) is 6.42. The maximum Gasteiger partial charge on any atom is 0.227 e. The molecule has 2 aromatic carbocycles. The SMILES string of the molecule is CCOc1ccc(CC(=O)N2CCN(c3ncnc4c3nnn4-c3cccc(OC)c3)CC2)cc1. The summed E-state index contributed by atoms with van der Waals surface area (Å²) in [5, 5.41) is 8.68. The van der Waals surface area contributed by atoms with Gasteiger partial charge in [0.25, 0.3) is 0 Å². The van der Waals surface area contributed by atoms with Crippen molar-refractivity contribution in [1.29, 1.82) is 0 Å². The second-order valence-corrected chi connectivity index (χ2v) is 8.19. The van der Waals surface area contributed by atoms with Crippen molar-refractivity contribution in [2.75, 3.05) is 44.8 Å². The summed E-state index contributed by atoms with van der Waals surface area (Å²) in [6, 6.07) is 15.3. The summed E-state index contributed by atoms with van der Waals surface area (Å²) in [6.07, 6.45) is 1.90. The van der Waals surface area contributed by atoms with Gasteiger partial charge in [0, 0.05) is 32.2 Å². The smallest absolute Gasteiger partial charge is 0.227 e. The van der Waals surface area contributed by atoms with Crippen LogP contribution < -0.4 is 14.4 Å². The third-order valence-electron chi connectivity index (χ3n) is 6.04. The zero-order valence-corrected chi connectivity index (χ0v) is 19.8. The number of hydrogen-bond donors (Lipinski definition) is 0. The number of ether oxygens (including phenoxy) is 2. The Morgan fingerprint density at radius 1 is 1.00 bits per heavy atom. The Morgan fingerprint density at radius 3 is 2.54 bits per heavy atom. The molecule has 10 heteroatoms. The van der Waals surface area contributed by atoms with E-state index >= 15 is 0 Å². The number of methoxy groups -OCH3 is 1. The number of amides is 1.